The van der Waals surface area contributed by atoms with E-state index in [2.05, 4.69) is 48.4 Å². The van der Waals surface area contributed by atoms with Crippen LogP contribution in [0.2, 0.25) is 0 Å². The summed E-state index contributed by atoms with van der Waals surface area (Å²) in [6, 6.07) is 17.2. The highest BCUT2D eigenvalue weighted by Crippen LogP contribution is 2.36. The standard InChI is InChI=1S/C32H36N6O2/c1-6-32(34,7-2)27-16-22(17-37(27)5)29(39)24-10-8-9-11-26(24)40-23-14-12-21(13-15-23)25-18-38(20(3)4)31-28(25)30(33)35-19-36-31/h8-20H,6-7,34H2,1-5H3,(H2,33,35,36). The van der Waals surface area contributed by atoms with Crippen LogP contribution in [0.4, 0.5) is 5.82 Å². The third-order valence-corrected chi connectivity index (χ3v) is 7.76. The van der Waals surface area contributed by atoms with Crippen LogP contribution in [-0.4, -0.2) is 24.9 Å². The second-order valence-electron chi connectivity index (χ2n) is 10.5. The lowest BCUT2D eigenvalue weighted by atomic mass is 9.89. The van der Waals surface area contributed by atoms with E-state index in [0.29, 0.717) is 28.4 Å². The maximum absolute atomic E-state index is 13.6. The van der Waals surface area contributed by atoms with E-state index < -0.39 is 5.54 Å². The molecule has 0 bridgehead atoms. The van der Waals surface area contributed by atoms with Crippen molar-refractivity contribution in [3.05, 3.63) is 90.1 Å². The van der Waals surface area contributed by atoms with E-state index in [1.54, 1.807) is 6.07 Å². The molecule has 8 nitrogen and oxygen atoms in total. The van der Waals surface area contributed by atoms with Gasteiger partial charge in [0, 0.05) is 42.3 Å². The number of hydrogen-bond acceptors (Lipinski definition) is 6. The lowest BCUT2D eigenvalue weighted by Crippen LogP contribution is -2.36. The molecule has 0 fully saturated rings. The van der Waals surface area contributed by atoms with Crippen molar-refractivity contribution in [2.75, 3.05) is 5.73 Å². The topological polar surface area (TPSA) is 114 Å². The lowest BCUT2D eigenvalue weighted by molar-refractivity contribution is 0.103. The minimum Gasteiger partial charge on any atom is -0.457 e. The summed E-state index contributed by atoms with van der Waals surface area (Å²) in [7, 11) is 1.93. The summed E-state index contributed by atoms with van der Waals surface area (Å²) in [4.78, 5) is 22.3. The van der Waals surface area contributed by atoms with E-state index in [0.717, 1.165) is 40.7 Å². The molecule has 40 heavy (non-hydrogen) atoms. The van der Waals surface area contributed by atoms with Gasteiger partial charge < -0.3 is 25.3 Å². The van der Waals surface area contributed by atoms with Crippen LogP contribution in [0.3, 0.4) is 0 Å². The fourth-order valence-corrected chi connectivity index (χ4v) is 5.25. The maximum atomic E-state index is 13.6. The Morgan fingerprint density at radius 3 is 2.40 bits per heavy atom. The second-order valence-corrected chi connectivity index (χ2v) is 10.5. The smallest absolute Gasteiger partial charge is 0.198 e. The summed E-state index contributed by atoms with van der Waals surface area (Å²) in [5, 5.41) is 0.829. The summed E-state index contributed by atoms with van der Waals surface area (Å²) in [5.74, 6) is 1.44. The zero-order chi connectivity index (χ0) is 28.6. The van der Waals surface area contributed by atoms with Gasteiger partial charge in [0.05, 0.1) is 16.5 Å². The number of para-hydroxylation sites is 1. The fraction of sp³-hybridized carbons (Fsp3) is 0.281. The van der Waals surface area contributed by atoms with Gasteiger partial charge in [0.15, 0.2) is 5.78 Å². The highest BCUT2D eigenvalue weighted by atomic mass is 16.5. The van der Waals surface area contributed by atoms with Crippen molar-refractivity contribution in [1.29, 1.82) is 0 Å². The number of nitrogens with two attached hydrogens (primary N) is 2. The van der Waals surface area contributed by atoms with Gasteiger partial charge in [-0.25, -0.2) is 9.97 Å². The van der Waals surface area contributed by atoms with Crippen LogP contribution >= 0.6 is 0 Å². The minimum absolute atomic E-state index is 0.111. The van der Waals surface area contributed by atoms with Crippen molar-refractivity contribution >= 4 is 22.6 Å². The Kier molecular flexibility index (Phi) is 7.21. The first-order valence-corrected chi connectivity index (χ1v) is 13.7. The van der Waals surface area contributed by atoms with Crippen LogP contribution in [0, 0.1) is 0 Å². The molecule has 0 unspecified atom stereocenters. The van der Waals surface area contributed by atoms with Crippen LogP contribution in [0.5, 0.6) is 11.5 Å². The van der Waals surface area contributed by atoms with Gasteiger partial charge in [0.2, 0.25) is 0 Å². The number of aromatic nitrogens is 4. The van der Waals surface area contributed by atoms with E-state index in [9.17, 15) is 4.79 Å². The van der Waals surface area contributed by atoms with Gasteiger partial charge in [-0.2, -0.15) is 0 Å². The van der Waals surface area contributed by atoms with E-state index in [4.69, 9.17) is 16.2 Å². The number of rotatable bonds is 9. The predicted molar refractivity (Wildman–Crippen MR) is 160 cm³/mol. The number of carbonyl (C=O) groups is 1. The summed E-state index contributed by atoms with van der Waals surface area (Å²) in [5.41, 5.74) is 17.2. The average molecular weight is 537 g/mol. The Morgan fingerprint density at radius 1 is 1.02 bits per heavy atom. The number of hydrogen-bond donors (Lipinski definition) is 2. The third-order valence-electron chi connectivity index (χ3n) is 7.76. The maximum Gasteiger partial charge on any atom is 0.198 e. The minimum atomic E-state index is -0.483. The van der Waals surface area contributed by atoms with Crippen LogP contribution < -0.4 is 16.2 Å². The number of nitrogen functional groups attached to an aromatic ring is 1. The van der Waals surface area contributed by atoms with Crippen molar-refractivity contribution in [2.24, 2.45) is 12.8 Å². The molecule has 0 saturated carbocycles. The fourth-order valence-electron chi connectivity index (χ4n) is 5.25. The molecule has 0 spiro atoms. The normalized spacial score (nSPS) is 11.9. The Hall–Kier alpha value is -4.43. The summed E-state index contributed by atoms with van der Waals surface area (Å²) in [6.07, 6.45) is 6.96. The van der Waals surface area contributed by atoms with Crippen molar-refractivity contribution in [2.45, 2.75) is 52.1 Å². The SMILES string of the molecule is CCC(N)(CC)c1cc(C(=O)c2ccccc2Oc2ccc(-c3cn(C(C)C)c4ncnc(N)c34)cc2)cn1C. The molecule has 206 valence electrons. The largest absolute Gasteiger partial charge is 0.457 e. The van der Waals surface area contributed by atoms with Crippen LogP contribution in [0.15, 0.2) is 73.3 Å². The van der Waals surface area contributed by atoms with E-state index in [1.807, 2.05) is 66.3 Å². The van der Waals surface area contributed by atoms with E-state index in [-0.39, 0.29) is 11.8 Å². The Morgan fingerprint density at radius 2 is 1.73 bits per heavy atom. The summed E-state index contributed by atoms with van der Waals surface area (Å²) in [6.45, 7) is 8.34. The third kappa shape index (κ3) is 4.75. The molecule has 2 aromatic carbocycles. The number of ether oxygens (including phenoxy) is 1. The van der Waals surface area contributed by atoms with Crippen molar-refractivity contribution in [3.63, 3.8) is 0 Å². The Bertz CT molecular complexity index is 1680. The molecule has 5 rings (SSSR count). The van der Waals surface area contributed by atoms with Crippen molar-refractivity contribution < 1.29 is 9.53 Å². The molecule has 4 N–H and O–H groups in total. The molecule has 0 amide bonds. The zero-order valence-electron chi connectivity index (χ0n) is 23.7. The predicted octanol–water partition coefficient (Wildman–Crippen LogP) is 6.60. The quantitative estimate of drug-likeness (QED) is 0.205. The first-order valence-electron chi connectivity index (χ1n) is 13.7. The number of aryl methyl sites for hydroxylation is 1. The Balaban J connectivity index is 1.44. The monoisotopic (exact) mass is 536 g/mol. The molecular formula is C32H36N6O2. The lowest BCUT2D eigenvalue weighted by Gasteiger charge is -2.27. The van der Waals surface area contributed by atoms with E-state index in [1.165, 1.54) is 6.33 Å². The molecule has 0 saturated heterocycles. The number of carbonyl (C=O) groups excluding carboxylic acids is 1. The number of ketones is 1. The van der Waals surface area contributed by atoms with Gasteiger partial charge in [0.25, 0.3) is 0 Å². The highest BCUT2D eigenvalue weighted by Gasteiger charge is 2.28. The van der Waals surface area contributed by atoms with Crippen LogP contribution in [0.25, 0.3) is 22.2 Å². The first kappa shape index (κ1) is 27.1. The molecule has 0 radical (unpaired) electrons. The molecule has 5 aromatic rings. The molecule has 8 heteroatoms. The molecular weight excluding hydrogens is 500 g/mol. The van der Waals surface area contributed by atoms with Gasteiger partial charge in [-0.05, 0) is 62.6 Å². The van der Waals surface area contributed by atoms with Gasteiger partial charge >= 0.3 is 0 Å². The molecule has 3 heterocycles. The average Bonchev–Trinajstić information content (AvgIpc) is 3.55. The Labute approximate surface area is 234 Å². The van der Waals surface area contributed by atoms with E-state index >= 15 is 0 Å². The summed E-state index contributed by atoms with van der Waals surface area (Å²) >= 11 is 0. The van der Waals surface area contributed by atoms with Crippen molar-refractivity contribution in [3.8, 4) is 22.6 Å². The molecule has 0 aliphatic carbocycles. The van der Waals surface area contributed by atoms with Crippen LogP contribution in [-0.2, 0) is 12.6 Å². The number of fused-ring (bicyclic) bond motifs is 1. The molecule has 3 aromatic heterocycles. The molecule has 0 atom stereocenters. The van der Waals surface area contributed by atoms with Gasteiger partial charge in [0.1, 0.15) is 29.3 Å². The zero-order valence-corrected chi connectivity index (χ0v) is 23.7. The summed E-state index contributed by atoms with van der Waals surface area (Å²) < 4.78 is 10.3. The van der Waals surface area contributed by atoms with Gasteiger partial charge in [-0.3, -0.25) is 4.79 Å². The van der Waals surface area contributed by atoms with Crippen molar-refractivity contribution in [1.82, 2.24) is 19.1 Å². The molecule has 0 aliphatic rings. The van der Waals surface area contributed by atoms with Crippen LogP contribution in [0.1, 0.15) is 68.2 Å². The number of benzene rings is 2. The second kappa shape index (κ2) is 10.6. The van der Waals surface area contributed by atoms with Gasteiger partial charge in [-0.15, -0.1) is 0 Å². The highest BCUT2D eigenvalue weighted by molar-refractivity contribution is 6.11. The van der Waals surface area contributed by atoms with Gasteiger partial charge in [-0.1, -0.05) is 38.1 Å². The molecule has 0 aliphatic heterocycles. The number of anilines is 1. The first-order chi connectivity index (χ1) is 19.2. The number of nitrogens with zero attached hydrogens (tertiary/aromatic N) is 4.